The van der Waals surface area contributed by atoms with Gasteiger partial charge in [0.2, 0.25) is 5.03 Å². The minimum Gasteiger partial charge on any atom is -0.275 e. The van der Waals surface area contributed by atoms with Crippen molar-refractivity contribution in [2.24, 2.45) is 0 Å². The molecule has 0 aliphatic carbocycles. The van der Waals surface area contributed by atoms with Crippen molar-refractivity contribution < 1.29 is 17.2 Å². The van der Waals surface area contributed by atoms with E-state index in [4.69, 9.17) is 0 Å². The summed E-state index contributed by atoms with van der Waals surface area (Å²) in [6.45, 7) is 1.54. The maximum Gasteiger partial charge on any atom is 0.282 e. The molecule has 1 heterocycles. The first-order chi connectivity index (χ1) is 8.92. The third kappa shape index (κ3) is 2.70. The summed E-state index contributed by atoms with van der Waals surface area (Å²) in [5, 5.41) is -0.766. The summed E-state index contributed by atoms with van der Waals surface area (Å²) >= 11 is 0. The molecule has 1 aromatic heterocycles. The zero-order valence-electron chi connectivity index (χ0n) is 9.89. The van der Waals surface area contributed by atoms with E-state index in [0.29, 0.717) is 5.56 Å². The number of para-hydroxylation sites is 1. The Balaban J connectivity index is 2.46. The molecule has 1 N–H and O–H groups in total. The van der Waals surface area contributed by atoms with Crippen molar-refractivity contribution in [3.63, 3.8) is 0 Å². The average Bonchev–Trinajstić information content (AvgIpc) is 2.34. The van der Waals surface area contributed by atoms with Crippen LogP contribution in [0.5, 0.6) is 0 Å². The Bertz CT molecular complexity index is 697. The highest BCUT2D eigenvalue weighted by atomic mass is 32.2. The van der Waals surface area contributed by atoms with Crippen molar-refractivity contribution in [3.8, 4) is 0 Å². The Labute approximate surface area is 109 Å². The molecular weight excluding hydrogens is 274 g/mol. The number of nitrogens with one attached hydrogen (secondary N) is 1. The molecular formula is C12H10F2N2O2S. The molecule has 0 saturated heterocycles. The van der Waals surface area contributed by atoms with Gasteiger partial charge in [-0.15, -0.1) is 0 Å². The molecule has 0 radical (unpaired) electrons. The first kappa shape index (κ1) is 13.4. The molecule has 4 nitrogen and oxygen atoms in total. The third-order valence-electron chi connectivity index (χ3n) is 2.44. The fourth-order valence-corrected chi connectivity index (χ4v) is 2.66. The van der Waals surface area contributed by atoms with Crippen LogP contribution in [0.2, 0.25) is 0 Å². The predicted octanol–water partition coefficient (Wildman–Crippen LogP) is 2.47. The second-order valence-corrected chi connectivity index (χ2v) is 5.43. The van der Waals surface area contributed by atoms with E-state index < -0.39 is 26.7 Å². The summed E-state index contributed by atoms with van der Waals surface area (Å²) in [6.07, 6.45) is 1.14. The number of aryl methyl sites for hydroxylation is 1. The van der Waals surface area contributed by atoms with Crippen molar-refractivity contribution >= 4 is 15.7 Å². The van der Waals surface area contributed by atoms with Crippen LogP contribution in [0.3, 0.4) is 0 Å². The van der Waals surface area contributed by atoms with Gasteiger partial charge in [-0.25, -0.2) is 13.8 Å². The average molecular weight is 284 g/mol. The highest BCUT2D eigenvalue weighted by Gasteiger charge is 2.22. The molecule has 2 aromatic rings. The molecule has 0 bridgehead atoms. The summed E-state index contributed by atoms with van der Waals surface area (Å²) in [5.41, 5.74) is 0.174. The lowest BCUT2D eigenvalue weighted by Gasteiger charge is -2.11. The van der Waals surface area contributed by atoms with Gasteiger partial charge in [0.1, 0.15) is 5.82 Å². The highest BCUT2D eigenvalue weighted by Crippen LogP contribution is 2.22. The van der Waals surface area contributed by atoms with E-state index in [9.17, 15) is 17.2 Å². The first-order valence-corrected chi connectivity index (χ1v) is 6.78. The van der Waals surface area contributed by atoms with Crippen LogP contribution in [-0.2, 0) is 10.0 Å². The molecule has 0 fully saturated rings. The van der Waals surface area contributed by atoms with Gasteiger partial charge in [-0.05, 0) is 30.7 Å². The van der Waals surface area contributed by atoms with Crippen LogP contribution in [0.25, 0.3) is 0 Å². The lowest BCUT2D eigenvalue weighted by Crippen LogP contribution is -2.17. The Kier molecular flexibility index (Phi) is 3.48. The maximum atomic E-state index is 13.6. The van der Waals surface area contributed by atoms with Crippen LogP contribution in [-0.4, -0.2) is 13.4 Å². The van der Waals surface area contributed by atoms with Crippen LogP contribution >= 0.6 is 0 Å². The smallest absolute Gasteiger partial charge is 0.275 e. The summed E-state index contributed by atoms with van der Waals surface area (Å²) in [6, 6.07) is 6.33. The van der Waals surface area contributed by atoms with Crippen LogP contribution in [0.15, 0.2) is 41.6 Å². The van der Waals surface area contributed by atoms with Crippen molar-refractivity contribution in [1.82, 2.24) is 4.98 Å². The van der Waals surface area contributed by atoms with Gasteiger partial charge in [0, 0.05) is 6.20 Å². The lowest BCUT2D eigenvalue weighted by atomic mass is 10.2. The fourth-order valence-electron chi connectivity index (χ4n) is 1.51. The fraction of sp³-hybridized carbons (Fsp3) is 0.0833. The van der Waals surface area contributed by atoms with Gasteiger partial charge in [0.15, 0.2) is 5.82 Å². The van der Waals surface area contributed by atoms with Gasteiger partial charge in [0.05, 0.1) is 5.69 Å². The summed E-state index contributed by atoms with van der Waals surface area (Å²) in [5.74, 6) is -1.73. The van der Waals surface area contributed by atoms with E-state index in [1.807, 2.05) is 4.72 Å². The quantitative estimate of drug-likeness (QED) is 0.942. The minimum absolute atomic E-state index is 0.215. The standard InChI is InChI=1S/C12H10F2N2O2S/c1-8-4-2-5-9(13)11(8)16-19(17,18)12-10(14)6-3-7-15-12/h2-7,16H,1H3. The minimum atomic E-state index is -4.27. The summed E-state index contributed by atoms with van der Waals surface area (Å²) in [4.78, 5) is 3.46. The van der Waals surface area contributed by atoms with E-state index in [1.165, 1.54) is 25.1 Å². The van der Waals surface area contributed by atoms with Crippen molar-refractivity contribution in [1.29, 1.82) is 0 Å². The number of rotatable bonds is 3. The predicted molar refractivity (Wildman–Crippen MR) is 66.1 cm³/mol. The molecule has 0 atom stereocenters. The van der Waals surface area contributed by atoms with Crippen LogP contribution in [0, 0.1) is 18.6 Å². The van der Waals surface area contributed by atoms with Crippen molar-refractivity contribution in [2.45, 2.75) is 11.9 Å². The Morgan fingerprint density at radius 2 is 1.79 bits per heavy atom. The lowest BCUT2D eigenvalue weighted by molar-refractivity contribution is 0.556. The largest absolute Gasteiger partial charge is 0.282 e. The Morgan fingerprint density at radius 1 is 1.11 bits per heavy atom. The molecule has 0 aliphatic heterocycles. The number of hydrogen-bond acceptors (Lipinski definition) is 3. The first-order valence-electron chi connectivity index (χ1n) is 5.30. The molecule has 2 rings (SSSR count). The molecule has 19 heavy (non-hydrogen) atoms. The van der Waals surface area contributed by atoms with E-state index in [1.54, 1.807) is 0 Å². The normalized spacial score (nSPS) is 11.3. The second-order valence-electron chi connectivity index (χ2n) is 3.83. The molecule has 0 aliphatic rings. The molecule has 0 amide bonds. The van der Waals surface area contributed by atoms with Gasteiger partial charge in [-0.3, -0.25) is 4.72 Å². The van der Waals surface area contributed by atoms with Gasteiger partial charge >= 0.3 is 0 Å². The topological polar surface area (TPSA) is 59.1 Å². The van der Waals surface area contributed by atoms with E-state index >= 15 is 0 Å². The number of pyridine rings is 1. The van der Waals surface area contributed by atoms with E-state index in [2.05, 4.69) is 4.98 Å². The molecule has 0 saturated carbocycles. The van der Waals surface area contributed by atoms with Crippen LogP contribution < -0.4 is 4.72 Å². The third-order valence-corrected chi connectivity index (χ3v) is 3.72. The van der Waals surface area contributed by atoms with E-state index in [-0.39, 0.29) is 5.69 Å². The van der Waals surface area contributed by atoms with Crippen molar-refractivity contribution in [2.75, 3.05) is 4.72 Å². The second kappa shape index (κ2) is 4.93. The monoisotopic (exact) mass is 284 g/mol. The number of aromatic nitrogens is 1. The number of halogens is 2. The SMILES string of the molecule is Cc1cccc(F)c1NS(=O)(=O)c1ncccc1F. The maximum absolute atomic E-state index is 13.6. The Hall–Kier alpha value is -2.02. The molecule has 0 spiro atoms. The number of anilines is 1. The zero-order valence-corrected chi connectivity index (χ0v) is 10.7. The number of hydrogen-bond donors (Lipinski definition) is 1. The van der Waals surface area contributed by atoms with Gasteiger partial charge in [-0.2, -0.15) is 8.42 Å². The van der Waals surface area contributed by atoms with Crippen LogP contribution in [0.1, 0.15) is 5.56 Å². The van der Waals surface area contributed by atoms with Gasteiger partial charge in [-0.1, -0.05) is 12.1 Å². The summed E-state index contributed by atoms with van der Waals surface area (Å²) in [7, 11) is -4.27. The number of benzene rings is 1. The van der Waals surface area contributed by atoms with Crippen molar-refractivity contribution in [3.05, 3.63) is 53.7 Å². The Morgan fingerprint density at radius 3 is 2.42 bits per heavy atom. The highest BCUT2D eigenvalue weighted by molar-refractivity contribution is 7.92. The molecule has 1 aromatic carbocycles. The van der Waals surface area contributed by atoms with Gasteiger partial charge < -0.3 is 0 Å². The molecule has 100 valence electrons. The molecule has 0 unspecified atom stereocenters. The number of sulfonamides is 1. The van der Waals surface area contributed by atoms with Crippen LogP contribution in [0.4, 0.5) is 14.5 Å². The molecule has 7 heteroatoms. The van der Waals surface area contributed by atoms with Gasteiger partial charge in [0.25, 0.3) is 10.0 Å². The summed E-state index contributed by atoms with van der Waals surface area (Å²) < 4.78 is 52.9. The number of nitrogens with zero attached hydrogens (tertiary/aromatic N) is 1. The van der Waals surface area contributed by atoms with E-state index in [0.717, 1.165) is 18.3 Å². The zero-order chi connectivity index (χ0) is 14.0.